The molecule has 2 rings (SSSR count). The molecule has 1 aromatic rings. The number of carboxylic acids is 1. The van der Waals surface area contributed by atoms with Crippen molar-refractivity contribution in [2.75, 3.05) is 18.0 Å². The van der Waals surface area contributed by atoms with Gasteiger partial charge in [0.15, 0.2) is 0 Å². The van der Waals surface area contributed by atoms with Crippen molar-refractivity contribution in [1.82, 2.24) is 0 Å². The molecule has 1 atom stereocenters. The summed E-state index contributed by atoms with van der Waals surface area (Å²) < 4.78 is 0.967. The summed E-state index contributed by atoms with van der Waals surface area (Å²) in [7, 11) is 0. The Kier molecular flexibility index (Phi) is 3.40. The lowest BCUT2D eigenvalue weighted by Gasteiger charge is -2.39. The molecule has 0 amide bonds. The first-order valence-corrected chi connectivity index (χ1v) is 6.34. The number of nitrogens with two attached hydrogens (primary N) is 1. The highest BCUT2D eigenvalue weighted by Gasteiger charge is 2.38. The molecule has 0 spiro atoms. The molecule has 0 radical (unpaired) electrons. The van der Waals surface area contributed by atoms with E-state index in [1.54, 1.807) is 0 Å². The summed E-state index contributed by atoms with van der Waals surface area (Å²) in [6, 6.07) is 7.79. The quantitative estimate of drug-likeness (QED) is 0.874. The number of piperidine rings is 1. The van der Waals surface area contributed by atoms with Gasteiger partial charge in [-0.2, -0.15) is 0 Å². The Morgan fingerprint density at radius 2 is 2.18 bits per heavy atom. The third kappa shape index (κ3) is 2.45. The Morgan fingerprint density at radius 1 is 1.47 bits per heavy atom. The predicted molar refractivity (Wildman–Crippen MR) is 70.1 cm³/mol. The summed E-state index contributed by atoms with van der Waals surface area (Å²) >= 11 is 3.48. The van der Waals surface area contributed by atoms with Gasteiger partial charge in [-0.15, -0.1) is 0 Å². The van der Waals surface area contributed by atoms with Gasteiger partial charge in [-0.25, -0.2) is 0 Å². The second-order valence-electron chi connectivity index (χ2n) is 4.44. The topological polar surface area (TPSA) is 66.6 Å². The molecule has 1 aliphatic heterocycles. The van der Waals surface area contributed by atoms with Crippen molar-refractivity contribution in [3.63, 3.8) is 0 Å². The van der Waals surface area contributed by atoms with Gasteiger partial charge in [-0.05, 0) is 40.9 Å². The summed E-state index contributed by atoms with van der Waals surface area (Å²) in [5, 5.41) is 9.17. The van der Waals surface area contributed by atoms with Gasteiger partial charge in [-0.1, -0.05) is 12.1 Å². The van der Waals surface area contributed by atoms with Crippen LogP contribution in [-0.4, -0.2) is 29.7 Å². The standard InChI is InChI=1S/C12H15BrN2O2/c13-9-4-1-2-5-10(9)15-7-3-6-12(14,8-15)11(16)17/h1-2,4-5H,3,6-8,14H2,(H,16,17). The highest BCUT2D eigenvalue weighted by molar-refractivity contribution is 9.10. The third-order valence-corrected chi connectivity index (χ3v) is 3.81. The van der Waals surface area contributed by atoms with Crippen molar-refractivity contribution in [1.29, 1.82) is 0 Å². The maximum atomic E-state index is 11.2. The molecule has 4 nitrogen and oxygen atoms in total. The highest BCUT2D eigenvalue weighted by atomic mass is 79.9. The third-order valence-electron chi connectivity index (χ3n) is 3.14. The molecule has 0 aliphatic carbocycles. The van der Waals surface area contributed by atoms with Crippen molar-refractivity contribution < 1.29 is 9.90 Å². The summed E-state index contributed by atoms with van der Waals surface area (Å²) in [6.45, 7) is 1.19. The SMILES string of the molecule is NC1(C(=O)O)CCCN(c2ccccc2Br)C1. The number of carbonyl (C=O) groups is 1. The van der Waals surface area contributed by atoms with Gasteiger partial charge in [0.05, 0.1) is 5.69 Å². The molecule has 0 saturated carbocycles. The Hall–Kier alpha value is -1.07. The van der Waals surface area contributed by atoms with Gasteiger partial charge in [0.1, 0.15) is 5.54 Å². The van der Waals surface area contributed by atoms with Gasteiger partial charge in [0.25, 0.3) is 0 Å². The van der Waals surface area contributed by atoms with E-state index in [0.717, 1.165) is 23.1 Å². The molecule has 1 fully saturated rings. The van der Waals surface area contributed by atoms with Crippen molar-refractivity contribution >= 4 is 27.6 Å². The first-order chi connectivity index (χ1) is 8.03. The molecule has 1 aliphatic rings. The predicted octanol–water partition coefficient (Wildman–Crippen LogP) is 1.83. The number of hydrogen-bond acceptors (Lipinski definition) is 3. The molecule has 3 N–H and O–H groups in total. The minimum Gasteiger partial charge on any atom is -0.480 e. The summed E-state index contributed by atoms with van der Waals surface area (Å²) in [6.07, 6.45) is 1.33. The average Bonchev–Trinajstić information content (AvgIpc) is 2.29. The van der Waals surface area contributed by atoms with E-state index in [4.69, 9.17) is 10.8 Å². The number of nitrogens with zero attached hydrogens (tertiary/aromatic N) is 1. The van der Waals surface area contributed by atoms with Gasteiger partial charge in [0.2, 0.25) is 0 Å². The van der Waals surface area contributed by atoms with E-state index in [9.17, 15) is 4.79 Å². The minimum atomic E-state index is -1.13. The zero-order valence-electron chi connectivity index (χ0n) is 9.40. The number of para-hydroxylation sites is 1. The minimum absolute atomic E-state index is 0.352. The van der Waals surface area contributed by atoms with E-state index in [0.29, 0.717) is 13.0 Å². The maximum Gasteiger partial charge on any atom is 0.325 e. The van der Waals surface area contributed by atoms with Crippen LogP contribution < -0.4 is 10.6 Å². The summed E-state index contributed by atoms with van der Waals surface area (Å²) in [5.41, 5.74) is 5.79. The number of carboxylic acid groups (broad SMARTS) is 1. The van der Waals surface area contributed by atoms with Crippen LogP contribution in [0.2, 0.25) is 0 Å². The molecular weight excluding hydrogens is 284 g/mol. The molecule has 1 saturated heterocycles. The van der Waals surface area contributed by atoms with Crippen molar-refractivity contribution in [2.24, 2.45) is 5.73 Å². The van der Waals surface area contributed by atoms with Crippen LogP contribution >= 0.6 is 15.9 Å². The second-order valence-corrected chi connectivity index (χ2v) is 5.29. The summed E-state index contributed by atoms with van der Waals surface area (Å²) in [5.74, 6) is -0.922. The molecule has 1 heterocycles. The fourth-order valence-electron chi connectivity index (χ4n) is 2.17. The van der Waals surface area contributed by atoms with Crippen LogP contribution in [0, 0.1) is 0 Å². The van der Waals surface area contributed by atoms with Gasteiger partial charge in [0, 0.05) is 17.6 Å². The Labute approximate surface area is 109 Å². The van der Waals surface area contributed by atoms with Crippen LogP contribution in [0.3, 0.4) is 0 Å². The molecular formula is C12H15BrN2O2. The first-order valence-electron chi connectivity index (χ1n) is 5.55. The molecule has 0 aromatic heterocycles. The highest BCUT2D eigenvalue weighted by Crippen LogP contribution is 2.30. The maximum absolute atomic E-state index is 11.2. The molecule has 1 aromatic carbocycles. The molecule has 17 heavy (non-hydrogen) atoms. The number of hydrogen-bond donors (Lipinski definition) is 2. The van der Waals surface area contributed by atoms with Gasteiger partial charge < -0.3 is 15.7 Å². The van der Waals surface area contributed by atoms with E-state index >= 15 is 0 Å². The molecule has 5 heteroatoms. The number of anilines is 1. The number of aliphatic carboxylic acids is 1. The van der Waals surface area contributed by atoms with Crippen molar-refractivity contribution in [3.8, 4) is 0 Å². The molecule has 92 valence electrons. The van der Waals surface area contributed by atoms with Gasteiger partial charge in [-0.3, -0.25) is 4.79 Å². The monoisotopic (exact) mass is 298 g/mol. The fourth-order valence-corrected chi connectivity index (χ4v) is 2.71. The first kappa shape index (κ1) is 12.4. The van der Waals surface area contributed by atoms with Crippen LogP contribution in [0.1, 0.15) is 12.8 Å². The van der Waals surface area contributed by atoms with Crippen molar-refractivity contribution in [2.45, 2.75) is 18.4 Å². The molecule has 0 bridgehead atoms. The lowest BCUT2D eigenvalue weighted by molar-refractivity contribution is -0.143. The van der Waals surface area contributed by atoms with Crippen molar-refractivity contribution in [3.05, 3.63) is 28.7 Å². The smallest absolute Gasteiger partial charge is 0.325 e. The van der Waals surface area contributed by atoms with Gasteiger partial charge >= 0.3 is 5.97 Å². The zero-order chi connectivity index (χ0) is 12.5. The average molecular weight is 299 g/mol. The fraction of sp³-hybridized carbons (Fsp3) is 0.417. The van der Waals surface area contributed by atoms with Crippen LogP contribution in [0.5, 0.6) is 0 Å². The van der Waals surface area contributed by atoms with E-state index in [1.165, 1.54) is 0 Å². The number of rotatable bonds is 2. The van der Waals surface area contributed by atoms with Crippen LogP contribution in [0.4, 0.5) is 5.69 Å². The lowest BCUT2D eigenvalue weighted by Crippen LogP contribution is -2.59. The van der Waals surface area contributed by atoms with E-state index < -0.39 is 11.5 Å². The summed E-state index contributed by atoms with van der Waals surface area (Å²) in [4.78, 5) is 13.2. The Morgan fingerprint density at radius 3 is 2.82 bits per heavy atom. The second kappa shape index (κ2) is 4.66. The normalized spacial score (nSPS) is 24.7. The van der Waals surface area contributed by atoms with E-state index in [2.05, 4.69) is 15.9 Å². The van der Waals surface area contributed by atoms with Crippen LogP contribution in [0.25, 0.3) is 0 Å². The largest absolute Gasteiger partial charge is 0.480 e. The Bertz CT molecular complexity index is 438. The molecule has 1 unspecified atom stereocenters. The van der Waals surface area contributed by atoms with Crippen LogP contribution in [0.15, 0.2) is 28.7 Å². The number of halogens is 1. The number of benzene rings is 1. The lowest BCUT2D eigenvalue weighted by atomic mass is 9.90. The van der Waals surface area contributed by atoms with E-state index in [1.807, 2.05) is 29.2 Å². The zero-order valence-corrected chi connectivity index (χ0v) is 11.0. The van der Waals surface area contributed by atoms with Crippen LogP contribution in [-0.2, 0) is 4.79 Å². The Balaban J connectivity index is 2.24. The van der Waals surface area contributed by atoms with E-state index in [-0.39, 0.29) is 0 Å².